The van der Waals surface area contributed by atoms with Crippen LogP contribution in [0.15, 0.2) is 24.0 Å². The lowest BCUT2D eigenvalue weighted by Crippen LogP contribution is -2.28. The van der Waals surface area contributed by atoms with E-state index in [1.54, 1.807) is 17.9 Å². The van der Waals surface area contributed by atoms with Crippen molar-refractivity contribution < 1.29 is 14.3 Å². The van der Waals surface area contributed by atoms with Gasteiger partial charge in [-0.05, 0) is 13.3 Å². The molecule has 0 aliphatic carbocycles. The van der Waals surface area contributed by atoms with E-state index in [4.69, 9.17) is 10.5 Å². The van der Waals surface area contributed by atoms with Crippen molar-refractivity contribution in [3.63, 3.8) is 0 Å². The van der Waals surface area contributed by atoms with E-state index in [0.29, 0.717) is 18.2 Å². The van der Waals surface area contributed by atoms with Gasteiger partial charge in [0.25, 0.3) is 0 Å². The van der Waals surface area contributed by atoms with Gasteiger partial charge in [0.05, 0.1) is 11.9 Å². The fourth-order valence-electron chi connectivity index (χ4n) is 2.09. The van der Waals surface area contributed by atoms with E-state index in [0.717, 1.165) is 6.42 Å². The quantitative estimate of drug-likeness (QED) is 0.476. The van der Waals surface area contributed by atoms with Crippen molar-refractivity contribution in [1.82, 2.24) is 14.9 Å². The maximum atomic E-state index is 12.1. The molecule has 1 saturated heterocycles. The van der Waals surface area contributed by atoms with Crippen LogP contribution in [0, 0.1) is 0 Å². The molecule has 1 amide bonds. The van der Waals surface area contributed by atoms with Crippen LogP contribution in [-0.2, 0) is 9.53 Å². The average molecular weight is 322 g/mol. The van der Waals surface area contributed by atoms with Crippen LogP contribution in [0.3, 0.4) is 0 Å². The molecule has 0 spiro atoms. The number of esters is 1. The summed E-state index contributed by atoms with van der Waals surface area (Å²) in [5.41, 5.74) is 5.90. The number of hydrogen-bond acceptors (Lipinski definition) is 7. The number of hydrogen-bond donors (Lipinski definition) is 1. The van der Waals surface area contributed by atoms with Gasteiger partial charge in [-0.25, -0.2) is 14.8 Å². The fraction of sp³-hybridized carbons (Fsp3) is 0.429. The summed E-state index contributed by atoms with van der Waals surface area (Å²) in [5, 5.41) is 0.150. The molecule has 7 nitrogen and oxygen atoms in total. The lowest BCUT2D eigenvalue weighted by atomic mass is 10.3. The van der Waals surface area contributed by atoms with Crippen LogP contribution < -0.4 is 5.73 Å². The number of ether oxygens (including phenoxy) is 1. The van der Waals surface area contributed by atoms with Crippen LogP contribution in [0.4, 0.5) is 5.82 Å². The van der Waals surface area contributed by atoms with Gasteiger partial charge in [0.1, 0.15) is 11.4 Å². The van der Waals surface area contributed by atoms with E-state index in [1.807, 2.05) is 0 Å². The number of carbonyl (C=O) groups is 2. The molecule has 0 radical (unpaired) electrons. The highest BCUT2D eigenvalue weighted by Gasteiger charge is 2.32. The van der Waals surface area contributed by atoms with Gasteiger partial charge in [0, 0.05) is 19.3 Å². The number of thioether (sulfide) groups is 1. The van der Waals surface area contributed by atoms with Gasteiger partial charge >= 0.3 is 5.97 Å². The summed E-state index contributed by atoms with van der Waals surface area (Å²) in [4.78, 5) is 33.7. The summed E-state index contributed by atoms with van der Waals surface area (Å²) in [7, 11) is 0. The molecule has 1 fully saturated rings. The maximum absolute atomic E-state index is 12.1. The number of aromatic nitrogens is 2. The average Bonchev–Trinajstić information content (AvgIpc) is 2.81. The summed E-state index contributed by atoms with van der Waals surface area (Å²) in [6.07, 6.45) is 3.76. The summed E-state index contributed by atoms with van der Waals surface area (Å²) in [5.74, 6) is -0.448. The van der Waals surface area contributed by atoms with E-state index >= 15 is 0 Å². The number of nitrogens with two attached hydrogens (primary N) is 1. The molecular formula is C14H18N4O3S. The third-order valence-electron chi connectivity index (χ3n) is 3.14. The van der Waals surface area contributed by atoms with E-state index in [9.17, 15) is 9.59 Å². The molecule has 1 aromatic heterocycles. The minimum atomic E-state index is -0.550. The molecule has 2 N–H and O–H groups in total. The van der Waals surface area contributed by atoms with Crippen LogP contribution in [0.25, 0.3) is 0 Å². The van der Waals surface area contributed by atoms with Crippen molar-refractivity contribution in [3.8, 4) is 0 Å². The van der Waals surface area contributed by atoms with E-state index in [1.165, 1.54) is 18.0 Å². The number of nitrogen functional groups attached to an aromatic ring is 1. The maximum Gasteiger partial charge on any atom is 0.343 e. The number of anilines is 1. The molecular weight excluding hydrogens is 304 g/mol. The monoisotopic (exact) mass is 322 g/mol. The second-order valence-corrected chi connectivity index (χ2v) is 5.81. The molecule has 1 unspecified atom stereocenters. The van der Waals surface area contributed by atoms with Crippen molar-refractivity contribution in [2.75, 3.05) is 25.4 Å². The van der Waals surface area contributed by atoms with Gasteiger partial charge in [-0.1, -0.05) is 17.8 Å². The lowest BCUT2D eigenvalue weighted by Gasteiger charge is -2.13. The third-order valence-corrected chi connectivity index (χ3v) is 4.27. The Bertz CT molecular complexity index is 593. The third kappa shape index (κ3) is 3.56. The van der Waals surface area contributed by atoms with Gasteiger partial charge < -0.3 is 15.4 Å². The van der Waals surface area contributed by atoms with E-state index in [-0.39, 0.29) is 29.1 Å². The summed E-state index contributed by atoms with van der Waals surface area (Å²) in [6.45, 7) is 6.83. The number of carbonyl (C=O) groups excluding carboxylic acids is 2. The summed E-state index contributed by atoms with van der Waals surface area (Å²) < 4.78 is 4.86. The molecule has 0 saturated carbocycles. The molecule has 2 rings (SSSR count). The molecule has 22 heavy (non-hydrogen) atoms. The Hall–Kier alpha value is -2.09. The fourth-order valence-corrected chi connectivity index (χ4v) is 3.08. The summed E-state index contributed by atoms with van der Waals surface area (Å²) >= 11 is 1.26. The van der Waals surface area contributed by atoms with Crippen molar-refractivity contribution >= 4 is 29.5 Å². The minimum absolute atomic E-state index is 0.0431. The minimum Gasteiger partial charge on any atom is -0.462 e. The summed E-state index contributed by atoms with van der Waals surface area (Å²) in [6, 6.07) is 0. The Morgan fingerprint density at radius 1 is 1.68 bits per heavy atom. The first kappa shape index (κ1) is 16.3. The molecule has 1 aliphatic rings. The first-order valence-electron chi connectivity index (χ1n) is 6.92. The standard InChI is InChI=1S/C14H18N4O3S/c1-3-6-18-7-5-10(12(18)19)22-14-16-8-9(11(15)17-14)13(20)21-4-2/h3,8,10H,1,4-7H2,2H3,(H2,15,16,17). The lowest BCUT2D eigenvalue weighted by molar-refractivity contribution is -0.126. The zero-order valence-electron chi connectivity index (χ0n) is 12.3. The van der Waals surface area contributed by atoms with Crippen molar-refractivity contribution in [1.29, 1.82) is 0 Å². The Morgan fingerprint density at radius 2 is 2.45 bits per heavy atom. The zero-order chi connectivity index (χ0) is 16.1. The molecule has 1 aliphatic heterocycles. The largest absolute Gasteiger partial charge is 0.462 e. The highest BCUT2D eigenvalue weighted by atomic mass is 32.2. The van der Waals surface area contributed by atoms with Crippen LogP contribution in [-0.4, -0.2) is 51.7 Å². The Kier molecular flexibility index (Phi) is 5.37. The molecule has 2 heterocycles. The SMILES string of the molecule is C=CCN1CCC(Sc2ncc(C(=O)OCC)c(N)n2)C1=O. The second kappa shape index (κ2) is 7.26. The van der Waals surface area contributed by atoms with Gasteiger partial charge in [0.2, 0.25) is 5.91 Å². The van der Waals surface area contributed by atoms with Crippen LogP contribution >= 0.6 is 11.8 Å². The molecule has 0 bridgehead atoms. The molecule has 0 aromatic carbocycles. The highest BCUT2D eigenvalue weighted by molar-refractivity contribution is 8.00. The van der Waals surface area contributed by atoms with Crippen LogP contribution in [0.1, 0.15) is 23.7 Å². The number of nitrogens with zero attached hydrogens (tertiary/aromatic N) is 3. The number of likely N-dealkylation sites (tertiary alicyclic amines) is 1. The predicted octanol–water partition coefficient (Wildman–Crippen LogP) is 1.11. The zero-order valence-corrected chi connectivity index (χ0v) is 13.1. The second-order valence-electron chi connectivity index (χ2n) is 4.64. The van der Waals surface area contributed by atoms with Gasteiger partial charge in [-0.2, -0.15) is 0 Å². The Balaban J connectivity index is 2.05. The molecule has 1 atom stereocenters. The van der Waals surface area contributed by atoms with Gasteiger partial charge in [0.15, 0.2) is 5.16 Å². The Labute approximate surface area is 132 Å². The first-order valence-corrected chi connectivity index (χ1v) is 7.80. The van der Waals surface area contributed by atoms with E-state index < -0.39 is 5.97 Å². The van der Waals surface area contributed by atoms with Crippen LogP contribution in [0.2, 0.25) is 0 Å². The first-order chi connectivity index (χ1) is 10.6. The van der Waals surface area contributed by atoms with Crippen molar-refractivity contribution in [2.24, 2.45) is 0 Å². The predicted molar refractivity (Wildman–Crippen MR) is 83.4 cm³/mol. The normalized spacial score (nSPS) is 17.6. The molecule has 1 aromatic rings. The van der Waals surface area contributed by atoms with Crippen LogP contribution in [0.5, 0.6) is 0 Å². The molecule has 8 heteroatoms. The van der Waals surface area contributed by atoms with Crippen molar-refractivity contribution in [3.05, 3.63) is 24.4 Å². The topological polar surface area (TPSA) is 98.4 Å². The van der Waals surface area contributed by atoms with Gasteiger partial charge in [-0.3, -0.25) is 4.79 Å². The molecule has 118 valence electrons. The van der Waals surface area contributed by atoms with E-state index in [2.05, 4.69) is 16.5 Å². The smallest absolute Gasteiger partial charge is 0.343 e. The Morgan fingerprint density at radius 3 is 3.09 bits per heavy atom. The highest BCUT2D eigenvalue weighted by Crippen LogP contribution is 2.29. The van der Waals surface area contributed by atoms with Gasteiger partial charge in [-0.15, -0.1) is 6.58 Å². The van der Waals surface area contributed by atoms with Crippen molar-refractivity contribution in [2.45, 2.75) is 23.8 Å². The number of rotatable bonds is 6. The number of amides is 1.